The summed E-state index contributed by atoms with van der Waals surface area (Å²) >= 11 is 0. The molecule has 5 nitrogen and oxygen atoms in total. The van der Waals surface area contributed by atoms with Gasteiger partial charge < -0.3 is 15.7 Å². The predicted molar refractivity (Wildman–Crippen MR) is 60.2 cm³/mol. The number of carbonyl (C=O) groups excluding carboxylic acids is 1. The van der Waals surface area contributed by atoms with Crippen molar-refractivity contribution in [3.05, 3.63) is 0 Å². The van der Waals surface area contributed by atoms with E-state index < -0.39 is 12.0 Å². The minimum atomic E-state index is -0.973. The molecule has 1 rings (SSSR count). The van der Waals surface area contributed by atoms with E-state index in [4.69, 9.17) is 5.11 Å². The number of hydrogen-bond donors (Lipinski definition) is 3. The predicted octanol–water partition coefficient (Wildman–Crippen LogP) is 1.34. The van der Waals surface area contributed by atoms with Crippen molar-refractivity contribution < 1.29 is 14.7 Å². The lowest BCUT2D eigenvalue weighted by molar-refractivity contribution is -0.139. The maximum absolute atomic E-state index is 11.5. The first-order valence-electron chi connectivity index (χ1n) is 5.82. The van der Waals surface area contributed by atoms with E-state index in [0.717, 1.165) is 19.3 Å². The summed E-state index contributed by atoms with van der Waals surface area (Å²) in [6, 6.07) is -0.925. The molecule has 0 aromatic carbocycles. The van der Waals surface area contributed by atoms with Crippen molar-refractivity contribution in [3.8, 4) is 0 Å². The van der Waals surface area contributed by atoms with Crippen molar-refractivity contribution in [2.24, 2.45) is 5.92 Å². The standard InChI is InChI=1S/C11H20N2O3/c1-3-4-9(10(14)15)13-11(16)12-8-5-7(2)6-8/h7-9H,3-6H2,1-2H3,(H,14,15)(H2,12,13,16)/t7?,8?,9-/m0/s1. The summed E-state index contributed by atoms with van der Waals surface area (Å²) in [5.74, 6) is -0.310. The van der Waals surface area contributed by atoms with Crippen molar-refractivity contribution in [3.63, 3.8) is 0 Å². The highest BCUT2D eigenvalue weighted by atomic mass is 16.4. The largest absolute Gasteiger partial charge is 0.480 e. The van der Waals surface area contributed by atoms with Crippen LogP contribution in [0.1, 0.15) is 39.5 Å². The third kappa shape index (κ3) is 3.72. The molecular weight excluding hydrogens is 208 g/mol. The average Bonchev–Trinajstić information content (AvgIpc) is 2.14. The number of carboxylic acids is 1. The Balaban J connectivity index is 2.28. The zero-order valence-electron chi connectivity index (χ0n) is 9.82. The Hall–Kier alpha value is -1.26. The molecule has 1 fully saturated rings. The fourth-order valence-corrected chi connectivity index (χ4v) is 1.95. The highest BCUT2D eigenvalue weighted by molar-refractivity contribution is 5.82. The average molecular weight is 228 g/mol. The van der Waals surface area contributed by atoms with Gasteiger partial charge in [-0.25, -0.2) is 9.59 Å². The quantitative estimate of drug-likeness (QED) is 0.664. The zero-order chi connectivity index (χ0) is 12.1. The molecule has 0 heterocycles. The molecule has 2 amide bonds. The topological polar surface area (TPSA) is 78.4 Å². The Kier molecular flexibility index (Phi) is 4.58. The number of hydrogen-bond acceptors (Lipinski definition) is 2. The van der Waals surface area contributed by atoms with Crippen LogP contribution in [0.15, 0.2) is 0 Å². The fraction of sp³-hybridized carbons (Fsp3) is 0.818. The molecule has 0 aromatic heterocycles. The molecule has 92 valence electrons. The first-order chi connectivity index (χ1) is 7.52. The monoisotopic (exact) mass is 228 g/mol. The summed E-state index contributed by atoms with van der Waals surface area (Å²) < 4.78 is 0. The van der Waals surface area contributed by atoms with Crippen LogP contribution in [0, 0.1) is 5.92 Å². The van der Waals surface area contributed by atoms with Crippen LogP contribution in [0.25, 0.3) is 0 Å². The van der Waals surface area contributed by atoms with Crippen LogP contribution in [0.5, 0.6) is 0 Å². The van der Waals surface area contributed by atoms with Gasteiger partial charge in [0.1, 0.15) is 6.04 Å². The van der Waals surface area contributed by atoms with E-state index in [1.54, 1.807) is 0 Å². The SMILES string of the molecule is CCC[C@H](NC(=O)NC1CC(C)C1)C(=O)O. The van der Waals surface area contributed by atoms with Crippen LogP contribution < -0.4 is 10.6 Å². The van der Waals surface area contributed by atoms with Crippen LogP contribution >= 0.6 is 0 Å². The van der Waals surface area contributed by atoms with E-state index in [2.05, 4.69) is 17.6 Å². The van der Waals surface area contributed by atoms with Crippen molar-refractivity contribution in [1.29, 1.82) is 0 Å². The number of nitrogens with one attached hydrogen (secondary N) is 2. The van der Waals surface area contributed by atoms with Crippen molar-refractivity contribution in [1.82, 2.24) is 10.6 Å². The van der Waals surface area contributed by atoms with E-state index in [-0.39, 0.29) is 12.1 Å². The molecule has 0 aromatic rings. The Bertz CT molecular complexity index is 262. The molecule has 1 aliphatic carbocycles. The van der Waals surface area contributed by atoms with Gasteiger partial charge >= 0.3 is 12.0 Å². The maximum Gasteiger partial charge on any atom is 0.326 e. The molecule has 1 aliphatic rings. The summed E-state index contributed by atoms with van der Waals surface area (Å²) in [6.45, 7) is 4.02. The Morgan fingerprint density at radius 1 is 1.44 bits per heavy atom. The molecule has 0 bridgehead atoms. The van der Waals surface area contributed by atoms with E-state index in [9.17, 15) is 9.59 Å². The lowest BCUT2D eigenvalue weighted by Crippen LogP contribution is -2.52. The highest BCUT2D eigenvalue weighted by Crippen LogP contribution is 2.25. The van der Waals surface area contributed by atoms with E-state index in [0.29, 0.717) is 12.3 Å². The summed E-state index contributed by atoms with van der Waals surface area (Å²) in [4.78, 5) is 22.3. The molecule has 0 saturated heterocycles. The smallest absolute Gasteiger partial charge is 0.326 e. The molecule has 5 heteroatoms. The number of rotatable bonds is 5. The molecule has 3 N–H and O–H groups in total. The lowest BCUT2D eigenvalue weighted by atomic mass is 9.82. The Morgan fingerprint density at radius 3 is 2.50 bits per heavy atom. The van der Waals surface area contributed by atoms with Crippen LogP contribution in [-0.2, 0) is 4.79 Å². The van der Waals surface area contributed by atoms with Crippen LogP contribution in [0.2, 0.25) is 0 Å². The number of aliphatic carboxylic acids is 1. The molecule has 16 heavy (non-hydrogen) atoms. The summed E-state index contributed by atoms with van der Waals surface area (Å²) in [7, 11) is 0. The van der Waals surface area contributed by atoms with Gasteiger partial charge in [-0.1, -0.05) is 20.3 Å². The fourth-order valence-electron chi connectivity index (χ4n) is 1.95. The van der Waals surface area contributed by atoms with Gasteiger partial charge in [-0.05, 0) is 25.2 Å². The number of amides is 2. The minimum Gasteiger partial charge on any atom is -0.480 e. The van der Waals surface area contributed by atoms with Crippen LogP contribution in [0.3, 0.4) is 0 Å². The normalized spacial score (nSPS) is 25.4. The Labute approximate surface area is 95.6 Å². The molecular formula is C11H20N2O3. The third-order valence-corrected chi connectivity index (χ3v) is 2.89. The van der Waals surface area contributed by atoms with Gasteiger partial charge in [0.2, 0.25) is 0 Å². The summed E-state index contributed by atoms with van der Waals surface area (Å²) in [5.41, 5.74) is 0. The van der Waals surface area contributed by atoms with Crippen molar-refractivity contribution >= 4 is 12.0 Å². The van der Waals surface area contributed by atoms with Crippen LogP contribution in [-0.4, -0.2) is 29.2 Å². The highest BCUT2D eigenvalue weighted by Gasteiger charge is 2.27. The lowest BCUT2D eigenvalue weighted by Gasteiger charge is -2.33. The second-order valence-corrected chi connectivity index (χ2v) is 4.57. The van der Waals surface area contributed by atoms with E-state index in [1.807, 2.05) is 6.92 Å². The summed E-state index contributed by atoms with van der Waals surface area (Å²) in [6.07, 6.45) is 3.17. The third-order valence-electron chi connectivity index (χ3n) is 2.89. The molecule has 0 unspecified atom stereocenters. The molecule has 1 saturated carbocycles. The molecule has 0 radical (unpaired) electrons. The first-order valence-corrected chi connectivity index (χ1v) is 5.82. The van der Waals surface area contributed by atoms with Crippen molar-refractivity contribution in [2.75, 3.05) is 0 Å². The first kappa shape index (κ1) is 12.8. The van der Waals surface area contributed by atoms with Gasteiger partial charge in [0, 0.05) is 6.04 Å². The summed E-state index contributed by atoms with van der Waals surface area (Å²) in [5, 5.41) is 14.1. The van der Waals surface area contributed by atoms with Gasteiger partial charge in [0.05, 0.1) is 0 Å². The molecule has 0 spiro atoms. The van der Waals surface area contributed by atoms with Gasteiger partial charge in [-0.2, -0.15) is 0 Å². The van der Waals surface area contributed by atoms with E-state index in [1.165, 1.54) is 0 Å². The molecule has 0 aliphatic heterocycles. The van der Waals surface area contributed by atoms with Gasteiger partial charge in [-0.15, -0.1) is 0 Å². The second-order valence-electron chi connectivity index (χ2n) is 4.57. The number of carbonyl (C=O) groups is 2. The van der Waals surface area contributed by atoms with Gasteiger partial charge in [0.15, 0.2) is 0 Å². The second kappa shape index (κ2) is 5.72. The van der Waals surface area contributed by atoms with Gasteiger partial charge in [0.25, 0.3) is 0 Å². The zero-order valence-corrected chi connectivity index (χ0v) is 9.82. The van der Waals surface area contributed by atoms with Crippen molar-refractivity contribution in [2.45, 2.75) is 51.6 Å². The minimum absolute atomic E-state index is 0.214. The van der Waals surface area contributed by atoms with Crippen LogP contribution in [0.4, 0.5) is 4.79 Å². The van der Waals surface area contributed by atoms with Gasteiger partial charge in [-0.3, -0.25) is 0 Å². The Morgan fingerprint density at radius 2 is 2.06 bits per heavy atom. The molecule has 1 atom stereocenters. The van der Waals surface area contributed by atoms with E-state index >= 15 is 0 Å². The number of urea groups is 1. The number of carboxylic acid groups (broad SMARTS) is 1. The maximum atomic E-state index is 11.5.